The molecule has 2 N–H and O–H groups in total. The van der Waals surface area contributed by atoms with Crippen molar-refractivity contribution in [2.75, 3.05) is 24.9 Å². The topological polar surface area (TPSA) is 81.7 Å². The zero-order valence-electron chi connectivity index (χ0n) is 23.4. The lowest BCUT2D eigenvalue weighted by Gasteiger charge is -2.22. The van der Waals surface area contributed by atoms with Crippen molar-refractivity contribution in [1.82, 2.24) is 4.98 Å². The van der Waals surface area contributed by atoms with E-state index in [4.69, 9.17) is 19.2 Å². The van der Waals surface area contributed by atoms with Crippen molar-refractivity contribution >= 4 is 39.9 Å². The third kappa shape index (κ3) is 6.20. The summed E-state index contributed by atoms with van der Waals surface area (Å²) in [5, 5.41) is 7.59. The van der Waals surface area contributed by atoms with Crippen molar-refractivity contribution in [3.05, 3.63) is 83.6 Å². The summed E-state index contributed by atoms with van der Waals surface area (Å²) in [7, 11) is 3.26. The molecule has 0 atom stereocenters. The molecule has 0 spiro atoms. The van der Waals surface area contributed by atoms with Crippen molar-refractivity contribution in [1.29, 1.82) is 0 Å². The maximum atomic E-state index is 12.8. The third-order valence-corrected chi connectivity index (χ3v) is 6.86. The number of amides is 1. The Kier molecular flexibility index (Phi) is 8.20. The van der Waals surface area contributed by atoms with Gasteiger partial charge in [0.2, 0.25) is 5.91 Å². The summed E-state index contributed by atoms with van der Waals surface area (Å²) in [6.07, 6.45) is 7.61. The van der Waals surface area contributed by atoms with E-state index in [0.717, 1.165) is 65.0 Å². The van der Waals surface area contributed by atoms with Crippen LogP contribution in [0.1, 0.15) is 43.5 Å². The number of carbonyl (C=O) groups is 1. The van der Waals surface area contributed by atoms with Gasteiger partial charge in [0.25, 0.3) is 0 Å². The summed E-state index contributed by atoms with van der Waals surface area (Å²) in [6, 6.07) is 19.3. The number of hydrogen-bond donors (Lipinski definition) is 2. The first kappa shape index (κ1) is 27.1. The van der Waals surface area contributed by atoms with Crippen LogP contribution in [0.25, 0.3) is 17.0 Å². The van der Waals surface area contributed by atoms with Gasteiger partial charge in [-0.15, -0.1) is 0 Å². The van der Waals surface area contributed by atoms with Crippen LogP contribution in [-0.2, 0) is 17.6 Å². The molecule has 1 heterocycles. The van der Waals surface area contributed by atoms with Crippen LogP contribution in [0.3, 0.4) is 0 Å². The summed E-state index contributed by atoms with van der Waals surface area (Å²) in [5.41, 5.74) is 6.77. The number of aryl methyl sites for hydroxylation is 1. The maximum Gasteiger partial charge on any atom is 0.248 e. The van der Waals surface area contributed by atoms with Gasteiger partial charge < -0.3 is 24.8 Å². The third-order valence-electron chi connectivity index (χ3n) is 6.86. The van der Waals surface area contributed by atoms with Crippen LogP contribution in [0.5, 0.6) is 17.2 Å². The molecule has 3 aromatic carbocycles. The molecule has 7 heteroatoms. The molecular weight excluding hydrogens is 502 g/mol. The first-order chi connectivity index (χ1) is 19.4. The lowest BCUT2D eigenvalue weighted by Crippen LogP contribution is -2.11. The van der Waals surface area contributed by atoms with Gasteiger partial charge in [0.1, 0.15) is 5.75 Å². The number of hydrogen-bond acceptors (Lipinski definition) is 6. The van der Waals surface area contributed by atoms with Gasteiger partial charge in [-0.3, -0.25) is 9.78 Å². The van der Waals surface area contributed by atoms with Gasteiger partial charge in [0, 0.05) is 34.6 Å². The molecule has 0 saturated heterocycles. The first-order valence-corrected chi connectivity index (χ1v) is 13.6. The average molecular weight is 538 g/mol. The molecule has 7 nitrogen and oxygen atoms in total. The maximum absolute atomic E-state index is 12.8. The van der Waals surface area contributed by atoms with Crippen LogP contribution in [-0.4, -0.2) is 31.2 Å². The number of anilines is 3. The second kappa shape index (κ2) is 12.1. The van der Waals surface area contributed by atoms with Gasteiger partial charge in [0.05, 0.1) is 31.5 Å². The molecular formula is C33H35N3O4. The Morgan fingerprint density at radius 1 is 0.900 bits per heavy atom. The zero-order chi connectivity index (χ0) is 28.1. The predicted molar refractivity (Wildman–Crippen MR) is 161 cm³/mol. The van der Waals surface area contributed by atoms with Gasteiger partial charge in [-0.25, -0.2) is 0 Å². The van der Waals surface area contributed by atoms with Crippen molar-refractivity contribution < 1.29 is 19.0 Å². The lowest BCUT2D eigenvalue weighted by atomic mass is 9.92. The molecule has 206 valence electrons. The van der Waals surface area contributed by atoms with Gasteiger partial charge in [-0.1, -0.05) is 12.1 Å². The highest BCUT2D eigenvalue weighted by atomic mass is 16.5. The molecule has 1 aliphatic rings. The Bertz CT molecular complexity index is 1540. The van der Waals surface area contributed by atoms with Crippen molar-refractivity contribution in [3.63, 3.8) is 0 Å². The van der Waals surface area contributed by atoms with E-state index >= 15 is 0 Å². The van der Waals surface area contributed by atoms with Crippen LogP contribution in [0.2, 0.25) is 0 Å². The number of benzene rings is 3. The molecule has 5 rings (SSSR count). The fraction of sp³-hybridized carbons (Fsp3) is 0.273. The number of nitrogens with one attached hydrogen (secondary N) is 2. The summed E-state index contributed by atoms with van der Waals surface area (Å²) in [4.78, 5) is 17.8. The van der Waals surface area contributed by atoms with E-state index in [2.05, 4.69) is 10.6 Å². The smallest absolute Gasteiger partial charge is 0.248 e. The van der Waals surface area contributed by atoms with Crippen molar-refractivity contribution in [2.24, 2.45) is 0 Å². The van der Waals surface area contributed by atoms with Gasteiger partial charge >= 0.3 is 0 Å². The van der Waals surface area contributed by atoms with Crippen molar-refractivity contribution in [3.8, 4) is 17.2 Å². The molecule has 0 fully saturated rings. The molecule has 1 amide bonds. The predicted octanol–water partition coefficient (Wildman–Crippen LogP) is 7.31. The molecule has 0 saturated carbocycles. The number of fused-ring (bicyclic) bond motifs is 2. The van der Waals surface area contributed by atoms with Crippen LogP contribution in [0, 0.1) is 0 Å². The number of ether oxygens (including phenoxy) is 3. The number of methoxy groups -OCH3 is 2. The standard InChI is InChI=1S/C33H35N3O4/c1-21(2)40-25-14-9-22(10-15-25)11-18-32(37)34-23-12-16-29-27(19-23)33(26-7-5-6-8-28(26)36-29)35-24-13-17-30(38-3)31(20-24)39-4/h9-21H,5-8H2,1-4H3,(H,34,37)(H,35,36)/b18-11+. The largest absolute Gasteiger partial charge is 0.493 e. The van der Waals surface area contributed by atoms with Crippen LogP contribution in [0.15, 0.2) is 66.7 Å². The highest BCUT2D eigenvalue weighted by Gasteiger charge is 2.19. The number of pyridine rings is 1. The minimum Gasteiger partial charge on any atom is -0.493 e. The second-order valence-corrected chi connectivity index (χ2v) is 10.1. The van der Waals surface area contributed by atoms with E-state index in [1.165, 1.54) is 11.6 Å². The van der Waals surface area contributed by atoms with E-state index in [1.54, 1.807) is 20.3 Å². The van der Waals surface area contributed by atoms with Crippen LogP contribution in [0.4, 0.5) is 17.1 Å². The Hall–Kier alpha value is -4.52. The van der Waals surface area contributed by atoms with Gasteiger partial charge in [-0.05, 0) is 99.2 Å². The summed E-state index contributed by atoms with van der Waals surface area (Å²) in [5.74, 6) is 1.93. The minimum absolute atomic E-state index is 0.115. The van der Waals surface area contributed by atoms with Crippen LogP contribution < -0.4 is 24.8 Å². The van der Waals surface area contributed by atoms with E-state index in [1.807, 2.05) is 74.5 Å². The molecule has 0 radical (unpaired) electrons. The number of aromatic nitrogens is 1. The zero-order valence-corrected chi connectivity index (χ0v) is 23.4. The highest BCUT2D eigenvalue weighted by molar-refractivity contribution is 6.04. The quantitative estimate of drug-likeness (QED) is 0.218. The van der Waals surface area contributed by atoms with Crippen LogP contribution >= 0.6 is 0 Å². The second-order valence-electron chi connectivity index (χ2n) is 10.1. The summed E-state index contributed by atoms with van der Waals surface area (Å²) in [6.45, 7) is 3.98. The number of nitrogens with zero attached hydrogens (tertiary/aromatic N) is 1. The first-order valence-electron chi connectivity index (χ1n) is 13.6. The molecule has 1 aliphatic carbocycles. The molecule has 0 bridgehead atoms. The summed E-state index contributed by atoms with van der Waals surface area (Å²) >= 11 is 0. The Labute approximate surface area is 235 Å². The Morgan fingerprint density at radius 3 is 2.40 bits per heavy atom. The van der Waals surface area contributed by atoms with Crippen molar-refractivity contribution in [2.45, 2.75) is 45.6 Å². The van der Waals surface area contributed by atoms with Gasteiger partial charge in [-0.2, -0.15) is 0 Å². The molecule has 0 aliphatic heterocycles. The minimum atomic E-state index is -0.206. The van der Waals surface area contributed by atoms with Gasteiger partial charge in [0.15, 0.2) is 11.5 Å². The fourth-order valence-electron chi connectivity index (χ4n) is 4.99. The van der Waals surface area contributed by atoms with E-state index in [0.29, 0.717) is 17.2 Å². The van der Waals surface area contributed by atoms with E-state index in [-0.39, 0.29) is 12.0 Å². The Morgan fingerprint density at radius 2 is 1.65 bits per heavy atom. The number of rotatable bonds is 9. The van der Waals surface area contributed by atoms with E-state index < -0.39 is 0 Å². The summed E-state index contributed by atoms with van der Waals surface area (Å²) < 4.78 is 16.6. The normalized spacial score (nSPS) is 12.8. The lowest BCUT2D eigenvalue weighted by molar-refractivity contribution is -0.111. The van der Waals surface area contributed by atoms with E-state index in [9.17, 15) is 4.79 Å². The number of carbonyl (C=O) groups excluding carboxylic acids is 1. The molecule has 4 aromatic rings. The molecule has 0 unspecified atom stereocenters. The molecule has 40 heavy (non-hydrogen) atoms. The monoisotopic (exact) mass is 537 g/mol. The SMILES string of the molecule is COc1ccc(Nc2c3c(nc4ccc(NC(=O)/C=C/c5ccc(OC(C)C)cc5)cc24)CCCC3)cc1OC. The Balaban J connectivity index is 1.41. The highest BCUT2D eigenvalue weighted by Crippen LogP contribution is 2.38. The molecule has 1 aromatic heterocycles. The average Bonchev–Trinajstić information content (AvgIpc) is 2.96. The fourth-order valence-corrected chi connectivity index (χ4v) is 4.99.